The van der Waals surface area contributed by atoms with Crippen molar-refractivity contribution >= 4 is 17.4 Å². The van der Waals surface area contributed by atoms with Crippen molar-refractivity contribution in [2.75, 3.05) is 0 Å². The molecule has 0 unspecified atom stereocenters. The Morgan fingerprint density at radius 3 is 2.64 bits per heavy atom. The number of benzene rings is 2. The molecule has 0 saturated heterocycles. The maximum Gasteiger partial charge on any atom is 0.226 e. The van der Waals surface area contributed by atoms with Crippen LogP contribution in [0.3, 0.4) is 0 Å². The molecule has 0 aliphatic heterocycles. The van der Waals surface area contributed by atoms with Crippen LogP contribution in [0.15, 0.2) is 64.2 Å². The lowest BCUT2D eigenvalue weighted by molar-refractivity contribution is 0.126. The minimum absolute atomic E-state index is 0.186. The summed E-state index contributed by atoms with van der Waals surface area (Å²) < 4.78 is 5.68. The monoisotopic (exact) mass is 355 g/mol. The molecule has 0 spiro atoms. The van der Waals surface area contributed by atoms with Crippen LogP contribution >= 0.6 is 11.6 Å². The molecular formula is C19H18ClN3O2. The molecule has 5 nitrogen and oxygen atoms in total. The van der Waals surface area contributed by atoms with Gasteiger partial charge in [-0.05, 0) is 30.7 Å². The zero-order valence-electron chi connectivity index (χ0n) is 13.8. The van der Waals surface area contributed by atoms with Crippen LogP contribution in [-0.4, -0.2) is 10.8 Å². The van der Waals surface area contributed by atoms with Crippen LogP contribution in [0.5, 0.6) is 0 Å². The molecular weight excluding hydrogens is 338 g/mol. The van der Waals surface area contributed by atoms with Gasteiger partial charge in [0.05, 0.1) is 0 Å². The number of amidine groups is 1. The largest absolute Gasteiger partial charge is 0.441 e. The summed E-state index contributed by atoms with van der Waals surface area (Å²) in [6.07, 6.45) is 0.423. The molecule has 6 heteroatoms. The first-order valence-electron chi connectivity index (χ1n) is 7.83. The molecule has 0 aliphatic carbocycles. The van der Waals surface area contributed by atoms with Crippen LogP contribution in [0.4, 0.5) is 0 Å². The van der Waals surface area contributed by atoms with Crippen molar-refractivity contribution in [3.63, 3.8) is 0 Å². The van der Waals surface area contributed by atoms with Gasteiger partial charge in [-0.25, -0.2) is 4.98 Å². The van der Waals surface area contributed by atoms with Crippen molar-refractivity contribution in [3.05, 3.63) is 76.6 Å². The molecule has 0 saturated carbocycles. The molecule has 1 heterocycles. The number of hydrogen-bond acceptors (Lipinski definition) is 4. The molecule has 0 fully saturated rings. The molecule has 0 bridgehead atoms. The number of nitrogens with two attached hydrogens (primary N) is 1. The number of hydrogen-bond donors (Lipinski definition) is 1. The number of aryl methyl sites for hydroxylation is 1. The summed E-state index contributed by atoms with van der Waals surface area (Å²) in [5.74, 6) is 1.60. The molecule has 25 heavy (non-hydrogen) atoms. The van der Waals surface area contributed by atoms with E-state index in [9.17, 15) is 0 Å². The van der Waals surface area contributed by atoms with Gasteiger partial charge in [0.25, 0.3) is 0 Å². The Balaban J connectivity index is 1.62. The lowest BCUT2D eigenvalue weighted by Gasteiger charge is -2.03. The first-order valence-corrected chi connectivity index (χ1v) is 8.20. The second kappa shape index (κ2) is 7.85. The van der Waals surface area contributed by atoms with E-state index in [1.165, 1.54) is 0 Å². The molecule has 0 radical (unpaired) electrons. The Bertz CT molecular complexity index is 875. The number of aromatic nitrogens is 1. The average Bonchev–Trinajstić information content (AvgIpc) is 2.99. The van der Waals surface area contributed by atoms with Gasteiger partial charge in [-0.3, -0.25) is 0 Å². The van der Waals surface area contributed by atoms with E-state index in [4.69, 9.17) is 26.6 Å². The van der Waals surface area contributed by atoms with Gasteiger partial charge in [0.1, 0.15) is 17.3 Å². The highest BCUT2D eigenvalue weighted by Gasteiger charge is 2.11. The van der Waals surface area contributed by atoms with Gasteiger partial charge < -0.3 is 15.0 Å². The van der Waals surface area contributed by atoms with E-state index in [0.29, 0.717) is 34.6 Å². The highest BCUT2D eigenvalue weighted by Crippen LogP contribution is 2.22. The summed E-state index contributed by atoms with van der Waals surface area (Å²) in [6, 6.07) is 17.2. The Labute approximate surface area is 151 Å². The van der Waals surface area contributed by atoms with E-state index in [1.807, 2.05) is 61.5 Å². The van der Waals surface area contributed by atoms with Crippen LogP contribution < -0.4 is 5.73 Å². The average molecular weight is 356 g/mol. The van der Waals surface area contributed by atoms with Crippen molar-refractivity contribution in [1.29, 1.82) is 0 Å². The smallest absolute Gasteiger partial charge is 0.226 e. The van der Waals surface area contributed by atoms with Gasteiger partial charge in [-0.2, -0.15) is 0 Å². The Morgan fingerprint density at radius 1 is 1.16 bits per heavy atom. The third-order valence-electron chi connectivity index (χ3n) is 3.63. The number of nitrogens with zero attached hydrogens (tertiary/aromatic N) is 2. The van der Waals surface area contributed by atoms with Gasteiger partial charge >= 0.3 is 0 Å². The van der Waals surface area contributed by atoms with Crippen molar-refractivity contribution in [3.8, 4) is 11.5 Å². The summed E-state index contributed by atoms with van der Waals surface area (Å²) in [4.78, 5) is 9.77. The zero-order chi connectivity index (χ0) is 17.6. The fourth-order valence-electron chi connectivity index (χ4n) is 2.31. The molecule has 2 N–H and O–H groups in total. The predicted molar refractivity (Wildman–Crippen MR) is 98.2 cm³/mol. The lowest BCUT2D eigenvalue weighted by atomic mass is 10.1. The second-order valence-electron chi connectivity index (χ2n) is 5.51. The predicted octanol–water partition coefficient (Wildman–Crippen LogP) is 4.33. The lowest BCUT2D eigenvalue weighted by Crippen LogP contribution is -2.15. The highest BCUT2D eigenvalue weighted by atomic mass is 35.5. The van der Waals surface area contributed by atoms with Crippen LogP contribution in [0.2, 0.25) is 5.02 Å². The summed E-state index contributed by atoms with van der Waals surface area (Å²) in [7, 11) is 0. The van der Waals surface area contributed by atoms with E-state index >= 15 is 0 Å². The van der Waals surface area contributed by atoms with E-state index in [0.717, 1.165) is 11.1 Å². The summed E-state index contributed by atoms with van der Waals surface area (Å²) in [6.45, 7) is 2.03. The topological polar surface area (TPSA) is 73.6 Å². The minimum atomic E-state index is 0.186. The van der Waals surface area contributed by atoms with E-state index < -0.39 is 0 Å². The third-order valence-corrected chi connectivity index (χ3v) is 3.99. The van der Waals surface area contributed by atoms with Gasteiger partial charge in [-0.1, -0.05) is 53.2 Å². The normalized spacial score (nSPS) is 11.5. The molecule has 0 aliphatic rings. The number of oxazole rings is 1. The van der Waals surface area contributed by atoms with Crippen LogP contribution in [-0.2, 0) is 17.9 Å². The molecule has 3 rings (SSSR count). The molecule has 1 aromatic heterocycles. The van der Waals surface area contributed by atoms with Crippen LogP contribution in [0.1, 0.15) is 17.0 Å². The molecule has 0 atom stereocenters. The highest BCUT2D eigenvalue weighted by molar-refractivity contribution is 6.31. The summed E-state index contributed by atoms with van der Waals surface area (Å²) >= 11 is 6.11. The molecule has 2 aromatic carbocycles. The van der Waals surface area contributed by atoms with Crippen molar-refractivity contribution in [2.24, 2.45) is 10.9 Å². The van der Waals surface area contributed by atoms with Crippen molar-refractivity contribution in [2.45, 2.75) is 20.0 Å². The molecule has 0 amide bonds. The first-order chi connectivity index (χ1) is 12.1. The van der Waals surface area contributed by atoms with Gasteiger partial charge in [0, 0.05) is 17.0 Å². The minimum Gasteiger partial charge on any atom is -0.441 e. The van der Waals surface area contributed by atoms with E-state index in [2.05, 4.69) is 10.1 Å². The maximum atomic E-state index is 6.11. The SMILES string of the molecule is Cc1oc(-c2ccccc2)nc1CON=C(N)Cc1ccccc1Cl. The first kappa shape index (κ1) is 17.0. The third kappa shape index (κ3) is 4.39. The molecule has 128 valence electrons. The number of rotatable bonds is 6. The van der Waals surface area contributed by atoms with Crippen molar-refractivity contribution in [1.82, 2.24) is 4.98 Å². The standard InChI is InChI=1S/C19H18ClN3O2/c1-13-17(22-19(25-13)14-7-3-2-4-8-14)12-24-23-18(21)11-15-9-5-6-10-16(15)20/h2-10H,11-12H2,1H3,(H2,21,23). The zero-order valence-corrected chi connectivity index (χ0v) is 14.5. The number of halogens is 1. The Morgan fingerprint density at radius 2 is 1.88 bits per heavy atom. The van der Waals surface area contributed by atoms with Gasteiger partial charge in [0.15, 0.2) is 6.61 Å². The van der Waals surface area contributed by atoms with E-state index in [-0.39, 0.29) is 6.61 Å². The fraction of sp³-hybridized carbons (Fsp3) is 0.158. The second-order valence-corrected chi connectivity index (χ2v) is 5.92. The van der Waals surface area contributed by atoms with Crippen LogP contribution in [0, 0.1) is 6.92 Å². The van der Waals surface area contributed by atoms with Crippen molar-refractivity contribution < 1.29 is 9.25 Å². The summed E-state index contributed by atoms with van der Waals surface area (Å²) in [5.41, 5.74) is 8.40. The molecule has 3 aromatic rings. The summed E-state index contributed by atoms with van der Waals surface area (Å²) in [5, 5.41) is 4.59. The quantitative estimate of drug-likeness (QED) is 0.405. The van der Waals surface area contributed by atoms with Gasteiger partial charge in [-0.15, -0.1) is 0 Å². The van der Waals surface area contributed by atoms with E-state index in [1.54, 1.807) is 0 Å². The Kier molecular flexibility index (Phi) is 5.36. The number of oxime groups is 1. The maximum absolute atomic E-state index is 6.11. The van der Waals surface area contributed by atoms with Crippen LogP contribution in [0.25, 0.3) is 11.5 Å². The Hall–Kier alpha value is -2.79. The van der Waals surface area contributed by atoms with Gasteiger partial charge in [0.2, 0.25) is 5.89 Å². The fourth-order valence-corrected chi connectivity index (χ4v) is 2.51.